The largest absolute Gasteiger partial charge is 0.472 e. The Labute approximate surface area is 47.2 Å². The second-order valence-corrected chi connectivity index (χ2v) is 0.928. The van der Waals surface area contributed by atoms with Gasteiger partial charge in [-0.05, 0) is 0 Å². The van der Waals surface area contributed by atoms with Gasteiger partial charge in [0.1, 0.15) is 0 Å². The molecule has 0 N–H and O–H groups in total. The molecular weight excluding hydrogens is 123 g/mol. The van der Waals surface area contributed by atoms with Gasteiger partial charge in [0.15, 0.2) is 0 Å². The van der Waals surface area contributed by atoms with Gasteiger partial charge in [-0.15, -0.1) is 6.34 Å². The maximum atomic E-state index is 3.79. The molecule has 1 radical (unpaired) electrons. The summed E-state index contributed by atoms with van der Waals surface area (Å²) in [5, 5.41) is 3.79. The molecule has 0 saturated heterocycles. The zero-order valence-corrected chi connectivity index (χ0v) is 4.26. The first-order valence-corrected chi connectivity index (χ1v) is 1.65. The van der Waals surface area contributed by atoms with Crippen molar-refractivity contribution < 1.29 is 16.8 Å². The third kappa shape index (κ3) is 1.42. The van der Waals surface area contributed by atoms with E-state index in [1.54, 1.807) is 6.34 Å². The molecule has 0 aliphatic carbocycles. The number of rotatable bonds is 0. The molecule has 0 bridgehead atoms. The van der Waals surface area contributed by atoms with E-state index in [9.17, 15) is 0 Å². The fraction of sp³-hybridized carbons (Fsp3) is 0.667. The minimum absolute atomic E-state index is 0. The minimum atomic E-state index is 0. The molecule has 0 aromatic carbocycles. The Morgan fingerprint density at radius 3 is 2.67 bits per heavy atom. The molecule has 0 spiro atoms. The average Bonchev–Trinajstić information content (AvgIpc) is 1.76. The van der Waals surface area contributed by atoms with Crippen molar-refractivity contribution in [3.8, 4) is 0 Å². The predicted octanol–water partition coefficient (Wildman–Crippen LogP) is 0.400. The van der Waals surface area contributed by atoms with Crippen LogP contribution in [0.15, 0.2) is 4.99 Å². The molecule has 1 aliphatic rings. The van der Waals surface area contributed by atoms with Gasteiger partial charge >= 0.3 is 0 Å². The Hall–Kier alpha value is -0.0235. The van der Waals surface area contributed by atoms with Gasteiger partial charge in [0.25, 0.3) is 0 Å². The van der Waals surface area contributed by atoms with Crippen LogP contribution in [0, 0.1) is 0 Å². The van der Waals surface area contributed by atoms with Gasteiger partial charge in [0.05, 0.1) is 0 Å². The minimum Gasteiger partial charge on any atom is -0.472 e. The maximum Gasteiger partial charge on any atom is 0 e. The van der Waals surface area contributed by atoms with Crippen LogP contribution in [0.4, 0.5) is 0 Å². The molecule has 0 aromatic rings. The van der Waals surface area contributed by atoms with Gasteiger partial charge in [0, 0.05) is 16.8 Å². The summed E-state index contributed by atoms with van der Waals surface area (Å²) >= 11 is 0. The van der Waals surface area contributed by atoms with Crippen LogP contribution in [0.25, 0.3) is 5.32 Å². The third-order valence-corrected chi connectivity index (χ3v) is 0.521. The average molecular weight is 128 g/mol. The van der Waals surface area contributed by atoms with E-state index >= 15 is 0 Å². The van der Waals surface area contributed by atoms with E-state index in [0.717, 1.165) is 13.1 Å². The first-order chi connectivity index (χ1) is 2.50. The van der Waals surface area contributed by atoms with Gasteiger partial charge in [-0.1, -0.05) is 13.1 Å². The zero-order valence-electron chi connectivity index (χ0n) is 3.22. The molecule has 0 unspecified atom stereocenters. The van der Waals surface area contributed by atoms with Crippen molar-refractivity contribution in [1.29, 1.82) is 0 Å². The van der Waals surface area contributed by atoms with Crippen molar-refractivity contribution >= 4 is 6.34 Å². The molecule has 1 heterocycles. The van der Waals surface area contributed by atoms with Crippen LogP contribution in [0.2, 0.25) is 0 Å². The molecule has 1 rings (SSSR count). The van der Waals surface area contributed by atoms with Crippen LogP contribution in [0.3, 0.4) is 0 Å². The Morgan fingerprint density at radius 1 is 1.67 bits per heavy atom. The van der Waals surface area contributed by atoms with Gasteiger partial charge in [-0.2, -0.15) is 0 Å². The fourth-order valence-corrected chi connectivity index (χ4v) is 0.289. The summed E-state index contributed by atoms with van der Waals surface area (Å²) in [6.07, 6.45) is 1.61. The van der Waals surface area contributed by atoms with Crippen molar-refractivity contribution in [3.05, 3.63) is 5.32 Å². The van der Waals surface area contributed by atoms with Crippen molar-refractivity contribution in [2.24, 2.45) is 4.99 Å². The Balaban J connectivity index is 0.000000250. The first-order valence-electron chi connectivity index (χ1n) is 1.65. The van der Waals surface area contributed by atoms with Gasteiger partial charge in [-0.25, -0.2) is 0 Å². The van der Waals surface area contributed by atoms with Crippen LogP contribution in [-0.2, 0) is 16.8 Å². The Kier molecular flexibility index (Phi) is 3.16. The number of aliphatic imine (C=N–C) groups is 1. The van der Waals surface area contributed by atoms with E-state index in [0.29, 0.717) is 0 Å². The molecule has 0 saturated carbocycles. The van der Waals surface area contributed by atoms with Crippen molar-refractivity contribution in [2.45, 2.75) is 0 Å². The quantitative estimate of drug-likeness (QED) is 0.451. The van der Waals surface area contributed by atoms with Gasteiger partial charge < -0.3 is 10.3 Å². The van der Waals surface area contributed by atoms with E-state index in [2.05, 4.69) is 10.3 Å². The van der Waals surface area contributed by atoms with Crippen LogP contribution in [0.5, 0.6) is 0 Å². The molecule has 2 nitrogen and oxygen atoms in total. The summed E-state index contributed by atoms with van der Waals surface area (Å²) in [7, 11) is 0. The molecule has 0 aromatic heterocycles. The molecule has 1 aliphatic heterocycles. The van der Waals surface area contributed by atoms with E-state index < -0.39 is 0 Å². The molecular formula is C3H5CoN2-. The fourth-order valence-electron chi connectivity index (χ4n) is 0.289. The molecule has 37 valence electrons. The van der Waals surface area contributed by atoms with Crippen LogP contribution in [-0.4, -0.2) is 19.4 Å². The second-order valence-electron chi connectivity index (χ2n) is 0.928. The second kappa shape index (κ2) is 3.18. The van der Waals surface area contributed by atoms with Crippen LogP contribution < -0.4 is 0 Å². The molecule has 6 heavy (non-hydrogen) atoms. The number of hydrogen-bond acceptors (Lipinski definition) is 1. The van der Waals surface area contributed by atoms with Crippen LogP contribution in [0.1, 0.15) is 0 Å². The normalized spacial score (nSPS) is 16.0. The summed E-state index contributed by atoms with van der Waals surface area (Å²) in [5.41, 5.74) is 0. The number of nitrogens with zero attached hydrogens (tertiary/aromatic N) is 2. The smallest absolute Gasteiger partial charge is 0 e. The summed E-state index contributed by atoms with van der Waals surface area (Å²) in [4.78, 5) is 3.79. The van der Waals surface area contributed by atoms with Gasteiger partial charge in [0.2, 0.25) is 0 Å². The Bertz CT molecular complexity index is 46.8. The van der Waals surface area contributed by atoms with Crippen molar-refractivity contribution in [3.63, 3.8) is 0 Å². The summed E-state index contributed by atoms with van der Waals surface area (Å²) in [5.74, 6) is 0. The summed E-state index contributed by atoms with van der Waals surface area (Å²) in [6.45, 7) is 1.81. The van der Waals surface area contributed by atoms with Crippen molar-refractivity contribution in [2.75, 3.05) is 13.1 Å². The Morgan fingerprint density at radius 2 is 2.50 bits per heavy atom. The first kappa shape index (κ1) is 5.98. The van der Waals surface area contributed by atoms with E-state index in [-0.39, 0.29) is 16.8 Å². The number of hydrogen-bond donors (Lipinski definition) is 0. The third-order valence-electron chi connectivity index (χ3n) is 0.521. The van der Waals surface area contributed by atoms with E-state index in [4.69, 9.17) is 0 Å². The maximum absolute atomic E-state index is 3.79. The zero-order chi connectivity index (χ0) is 3.54. The van der Waals surface area contributed by atoms with Gasteiger partial charge in [-0.3, -0.25) is 0 Å². The van der Waals surface area contributed by atoms with E-state index in [1.165, 1.54) is 0 Å². The van der Waals surface area contributed by atoms with Crippen LogP contribution >= 0.6 is 0 Å². The summed E-state index contributed by atoms with van der Waals surface area (Å²) in [6, 6.07) is 0. The topological polar surface area (TPSA) is 26.5 Å². The molecule has 0 amide bonds. The summed E-state index contributed by atoms with van der Waals surface area (Å²) < 4.78 is 0. The standard InChI is InChI=1S/C3H5N2.Co/c1-2-5-3-4-1;/h3H,1-2H2;/q-1;. The van der Waals surface area contributed by atoms with E-state index in [1.807, 2.05) is 0 Å². The SMILES string of the molecule is C1=NCC[N-]1.[Co]. The molecule has 3 heteroatoms. The van der Waals surface area contributed by atoms with Crippen molar-refractivity contribution in [1.82, 2.24) is 0 Å². The molecule has 0 fully saturated rings. The predicted molar refractivity (Wildman–Crippen MR) is 21.6 cm³/mol. The monoisotopic (exact) mass is 128 g/mol. The molecule has 0 atom stereocenters.